The number of rotatable bonds is 4. The Labute approximate surface area is 101 Å². The number of hydrogen-bond acceptors (Lipinski definition) is 3. The van der Waals surface area contributed by atoms with Gasteiger partial charge >= 0.3 is 0 Å². The van der Waals surface area contributed by atoms with Gasteiger partial charge < -0.3 is 15.8 Å². The topological polar surface area (TPSA) is 64.3 Å². The molecule has 92 valence electrons. The Hall–Kier alpha value is -1.71. The largest absolute Gasteiger partial charge is 0.497 e. The van der Waals surface area contributed by atoms with E-state index in [0.717, 1.165) is 0 Å². The summed E-state index contributed by atoms with van der Waals surface area (Å²) in [6.07, 6.45) is 2.36. The highest BCUT2D eigenvalue weighted by atomic mass is 16.5. The maximum Gasteiger partial charge on any atom is 0.253 e. The molecule has 1 amide bonds. The summed E-state index contributed by atoms with van der Waals surface area (Å²) in [6, 6.07) is 5.10. The van der Waals surface area contributed by atoms with Gasteiger partial charge in [0.05, 0.1) is 12.7 Å². The third kappa shape index (κ3) is 2.70. The summed E-state index contributed by atoms with van der Waals surface area (Å²) in [6.45, 7) is 2.88. The van der Waals surface area contributed by atoms with Crippen LogP contribution in [0.1, 0.15) is 30.1 Å². The lowest BCUT2D eigenvalue weighted by Crippen LogP contribution is -2.29. The first-order chi connectivity index (χ1) is 8.04. The summed E-state index contributed by atoms with van der Waals surface area (Å²) in [4.78, 5) is 12.0. The summed E-state index contributed by atoms with van der Waals surface area (Å²) in [5, 5.41) is 2.92. The number of ether oxygens (including phenoxy) is 1. The van der Waals surface area contributed by atoms with E-state index in [0.29, 0.717) is 29.0 Å². The quantitative estimate of drug-likeness (QED) is 0.781. The van der Waals surface area contributed by atoms with E-state index < -0.39 is 0 Å². The zero-order chi connectivity index (χ0) is 12.5. The fourth-order valence-corrected chi connectivity index (χ4v) is 1.64. The van der Waals surface area contributed by atoms with Gasteiger partial charge in [-0.1, -0.05) is 6.92 Å². The summed E-state index contributed by atoms with van der Waals surface area (Å²) in [5.41, 5.74) is 7.03. The maximum atomic E-state index is 12.0. The summed E-state index contributed by atoms with van der Waals surface area (Å²) >= 11 is 0. The smallest absolute Gasteiger partial charge is 0.253 e. The molecule has 17 heavy (non-hydrogen) atoms. The Balaban J connectivity index is 2.06. The van der Waals surface area contributed by atoms with Crippen LogP contribution in [0, 0.1) is 5.41 Å². The van der Waals surface area contributed by atoms with E-state index in [-0.39, 0.29) is 5.91 Å². The zero-order valence-electron chi connectivity index (χ0n) is 10.2. The molecule has 2 rings (SSSR count). The normalized spacial score (nSPS) is 16.4. The van der Waals surface area contributed by atoms with Crippen molar-refractivity contribution in [1.29, 1.82) is 0 Å². The van der Waals surface area contributed by atoms with Crippen molar-refractivity contribution in [3.63, 3.8) is 0 Å². The number of benzene rings is 1. The third-order valence-electron chi connectivity index (χ3n) is 3.28. The number of carbonyl (C=O) groups is 1. The van der Waals surface area contributed by atoms with Crippen LogP contribution in [-0.2, 0) is 0 Å². The minimum atomic E-state index is -0.130. The molecule has 1 aliphatic rings. The van der Waals surface area contributed by atoms with Crippen LogP contribution >= 0.6 is 0 Å². The molecule has 1 aliphatic carbocycles. The number of anilines is 1. The molecular weight excluding hydrogens is 216 g/mol. The molecule has 3 N–H and O–H groups in total. The van der Waals surface area contributed by atoms with Gasteiger partial charge in [0.1, 0.15) is 5.75 Å². The van der Waals surface area contributed by atoms with Crippen LogP contribution in [0.4, 0.5) is 5.69 Å². The monoisotopic (exact) mass is 234 g/mol. The van der Waals surface area contributed by atoms with Crippen LogP contribution in [0.5, 0.6) is 5.75 Å². The SMILES string of the molecule is COc1ccc(N)c(C(=O)NCC2(C)CC2)c1. The maximum absolute atomic E-state index is 12.0. The average molecular weight is 234 g/mol. The van der Waals surface area contributed by atoms with E-state index in [2.05, 4.69) is 12.2 Å². The number of carbonyl (C=O) groups excluding carboxylic acids is 1. The Morgan fingerprint density at radius 2 is 2.24 bits per heavy atom. The van der Waals surface area contributed by atoms with Gasteiger partial charge in [-0.15, -0.1) is 0 Å². The molecule has 0 bridgehead atoms. The van der Waals surface area contributed by atoms with E-state index in [1.807, 2.05) is 0 Å². The van der Waals surface area contributed by atoms with Crippen LogP contribution in [0.3, 0.4) is 0 Å². The molecule has 0 spiro atoms. The summed E-state index contributed by atoms with van der Waals surface area (Å²) in [7, 11) is 1.57. The fourth-order valence-electron chi connectivity index (χ4n) is 1.64. The van der Waals surface area contributed by atoms with Gasteiger partial charge in [-0.2, -0.15) is 0 Å². The van der Waals surface area contributed by atoms with E-state index in [1.165, 1.54) is 12.8 Å². The number of hydrogen-bond donors (Lipinski definition) is 2. The zero-order valence-corrected chi connectivity index (χ0v) is 10.2. The molecule has 0 aromatic heterocycles. The Morgan fingerprint density at radius 1 is 1.53 bits per heavy atom. The number of amides is 1. The highest BCUT2D eigenvalue weighted by Gasteiger charge is 2.37. The molecule has 4 heteroatoms. The molecule has 1 saturated carbocycles. The molecular formula is C13H18N2O2. The predicted octanol–water partition coefficient (Wildman–Crippen LogP) is 1.81. The van der Waals surface area contributed by atoms with Gasteiger partial charge in [0.15, 0.2) is 0 Å². The molecule has 0 unspecified atom stereocenters. The van der Waals surface area contributed by atoms with Crippen LogP contribution in [0.25, 0.3) is 0 Å². The van der Waals surface area contributed by atoms with Gasteiger partial charge in [-0.05, 0) is 36.5 Å². The molecule has 0 aliphatic heterocycles. The molecule has 0 radical (unpaired) electrons. The molecule has 1 aromatic carbocycles. The summed E-state index contributed by atoms with van der Waals surface area (Å²) < 4.78 is 5.08. The van der Waals surface area contributed by atoms with E-state index in [1.54, 1.807) is 25.3 Å². The van der Waals surface area contributed by atoms with E-state index in [4.69, 9.17) is 10.5 Å². The minimum Gasteiger partial charge on any atom is -0.497 e. The van der Waals surface area contributed by atoms with Crippen molar-refractivity contribution < 1.29 is 9.53 Å². The second kappa shape index (κ2) is 4.28. The van der Waals surface area contributed by atoms with Gasteiger partial charge in [0, 0.05) is 12.2 Å². The van der Waals surface area contributed by atoms with Crippen molar-refractivity contribution in [2.24, 2.45) is 5.41 Å². The van der Waals surface area contributed by atoms with Crippen molar-refractivity contribution in [2.75, 3.05) is 19.4 Å². The first-order valence-electron chi connectivity index (χ1n) is 5.76. The van der Waals surface area contributed by atoms with Crippen LogP contribution < -0.4 is 15.8 Å². The molecule has 1 fully saturated rings. The van der Waals surface area contributed by atoms with Crippen molar-refractivity contribution in [3.05, 3.63) is 23.8 Å². The number of methoxy groups -OCH3 is 1. The highest BCUT2D eigenvalue weighted by Crippen LogP contribution is 2.44. The van der Waals surface area contributed by atoms with Crippen molar-refractivity contribution in [3.8, 4) is 5.75 Å². The van der Waals surface area contributed by atoms with Crippen molar-refractivity contribution in [1.82, 2.24) is 5.32 Å². The minimum absolute atomic E-state index is 0.130. The second-order valence-corrected chi connectivity index (χ2v) is 4.95. The molecule has 4 nitrogen and oxygen atoms in total. The molecule has 0 atom stereocenters. The Bertz CT molecular complexity index is 439. The van der Waals surface area contributed by atoms with E-state index in [9.17, 15) is 4.79 Å². The highest BCUT2D eigenvalue weighted by molar-refractivity contribution is 5.99. The predicted molar refractivity (Wildman–Crippen MR) is 67.1 cm³/mol. The lowest BCUT2D eigenvalue weighted by atomic mass is 10.1. The molecule has 1 aromatic rings. The Morgan fingerprint density at radius 3 is 2.82 bits per heavy atom. The Kier molecular flexibility index (Phi) is 2.96. The lowest BCUT2D eigenvalue weighted by Gasteiger charge is -2.12. The van der Waals surface area contributed by atoms with Crippen molar-refractivity contribution in [2.45, 2.75) is 19.8 Å². The molecule has 0 heterocycles. The van der Waals surface area contributed by atoms with Gasteiger partial charge in [-0.3, -0.25) is 4.79 Å². The number of nitrogens with two attached hydrogens (primary N) is 1. The average Bonchev–Trinajstić information content (AvgIpc) is 3.06. The van der Waals surface area contributed by atoms with E-state index >= 15 is 0 Å². The van der Waals surface area contributed by atoms with Crippen LogP contribution in [0.15, 0.2) is 18.2 Å². The first kappa shape index (κ1) is 11.8. The lowest BCUT2D eigenvalue weighted by molar-refractivity contribution is 0.0946. The second-order valence-electron chi connectivity index (χ2n) is 4.95. The first-order valence-corrected chi connectivity index (χ1v) is 5.76. The van der Waals surface area contributed by atoms with Crippen LogP contribution in [0.2, 0.25) is 0 Å². The standard InChI is InChI=1S/C13H18N2O2/c1-13(5-6-13)8-15-12(16)10-7-9(17-2)3-4-11(10)14/h3-4,7H,5-6,8,14H2,1-2H3,(H,15,16). The van der Waals surface area contributed by atoms with Crippen LogP contribution in [-0.4, -0.2) is 19.6 Å². The third-order valence-corrected chi connectivity index (χ3v) is 3.28. The molecule has 0 saturated heterocycles. The van der Waals surface area contributed by atoms with Gasteiger partial charge in [0.2, 0.25) is 0 Å². The van der Waals surface area contributed by atoms with Gasteiger partial charge in [0.25, 0.3) is 5.91 Å². The fraction of sp³-hybridized carbons (Fsp3) is 0.462. The number of nitrogens with one attached hydrogen (secondary N) is 1. The van der Waals surface area contributed by atoms with Gasteiger partial charge in [-0.25, -0.2) is 0 Å². The summed E-state index contributed by atoms with van der Waals surface area (Å²) in [5.74, 6) is 0.511. The van der Waals surface area contributed by atoms with Crippen molar-refractivity contribution >= 4 is 11.6 Å². The number of nitrogen functional groups attached to an aromatic ring is 1.